The average molecular weight is 264 g/mol. The summed E-state index contributed by atoms with van der Waals surface area (Å²) < 4.78 is 0. The van der Waals surface area contributed by atoms with Crippen molar-refractivity contribution in [2.24, 2.45) is 5.73 Å². The molecule has 1 aromatic rings. The highest BCUT2D eigenvalue weighted by atomic mass is 32.1. The molecule has 1 aromatic carbocycles. The molecule has 0 aliphatic carbocycles. The predicted molar refractivity (Wildman–Crippen MR) is 84.4 cm³/mol. The van der Waals surface area contributed by atoms with E-state index in [0.29, 0.717) is 4.99 Å². The van der Waals surface area contributed by atoms with Crippen molar-refractivity contribution in [1.29, 1.82) is 0 Å². The van der Waals surface area contributed by atoms with Crippen LogP contribution in [0.5, 0.6) is 0 Å². The van der Waals surface area contributed by atoms with Crippen molar-refractivity contribution in [2.45, 2.75) is 39.0 Å². The highest BCUT2D eigenvalue weighted by molar-refractivity contribution is 7.80. The predicted octanol–water partition coefficient (Wildman–Crippen LogP) is 3.73. The van der Waals surface area contributed by atoms with Crippen molar-refractivity contribution in [3.8, 4) is 0 Å². The molecule has 0 aliphatic heterocycles. The lowest BCUT2D eigenvalue weighted by Crippen LogP contribution is -2.22. The lowest BCUT2D eigenvalue weighted by atomic mass is 10.1. The monoisotopic (exact) mass is 264 g/mol. The second-order valence-corrected chi connectivity index (χ2v) is 5.16. The van der Waals surface area contributed by atoms with E-state index in [1.54, 1.807) is 0 Å². The van der Waals surface area contributed by atoms with Crippen LogP contribution in [-0.4, -0.2) is 18.6 Å². The van der Waals surface area contributed by atoms with E-state index < -0.39 is 0 Å². The topological polar surface area (TPSA) is 29.3 Å². The summed E-state index contributed by atoms with van der Waals surface area (Å²) in [6.07, 6.45) is 6.49. The van der Waals surface area contributed by atoms with Gasteiger partial charge in [0, 0.05) is 24.8 Å². The molecule has 0 spiro atoms. The molecule has 0 atom stereocenters. The third-order valence-corrected chi connectivity index (χ3v) is 3.40. The number of para-hydroxylation sites is 1. The van der Waals surface area contributed by atoms with E-state index in [1.807, 2.05) is 18.2 Å². The SMILES string of the molecule is CCCCCCCN(C)c1ccccc1C(N)=S. The number of hydrogen-bond acceptors (Lipinski definition) is 2. The third-order valence-electron chi connectivity index (χ3n) is 3.18. The van der Waals surface area contributed by atoms with E-state index in [2.05, 4.69) is 24.9 Å². The van der Waals surface area contributed by atoms with Crippen molar-refractivity contribution in [2.75, 3.05) is 18.5 Å². The van der Waals surface area contributed by atoms with Crippen LogP contribution >= 0.6 is 12.2 Å². The number of thiocarbonyl (C=S) groups is 1. The molecule has 2 N–H and O–H groups in total. The molecule has 0 fully saturated rings. The van der Waals surface area contributed by atoms with Crippen molar-refractivity contribution >= 4 is 22.9 Å². The number of hydrogen-bond donors (Lipinski definition) is 1. The first-order chi connectivity index (χ1) is 8.66. The fraction of sp³-hybridized carbons (Fsp3) is 0.533. The van der Waals surface area contributed by atoms with Gasteiger partial charge in [-0.15, -0.1) is 0 Å². The number of anilines is 1. The standard InChI is InChI=1S/C15H24N2S/c1-3-4-5-6-9-12-17(2)14-11-8-7-10-13(14)15(16)18/h7-8,10-11H,3-6,9,12H2,1-2H3,(H2,16,18). The van der Waals surface area contributed by atoms with E-state index in [9.17, 15) is 0 Å². The van der Waals surface area contributed by atoms with Crippen LogP contribution < -0.4 is 10.6 Å². The summed E-state index contributed by atoms with van der Waals surface area (Å²) >= 11 is 5.09. The minimum Gasteiger partial charge on any atom is -0.389 e. The molecule has 0 bridgehead atoms. The summed E-state index contributed by atoms with van der Waals surface area (Å²) in [7, 11) is 2.11. The first kappa shape index (κ1) is 15.0. The molecule has 18 heavy (non-hydrogen) atoms. The summed E-state index contributed by atoms with van der Waals surface area (Å²) in [5, 5.41) is 0. The van der Waals surface area contributed by atoms with Gasteiger partial charge in [0.05, 0.1) is 0 Å². The maximum absolute atomic E-state index is 5.75. The molecule has 0 heterocycles. The first-order valence-electron chi connectivity index (χ1n) is 6.76. The Kier molecular flexibility index (Phi) is 6.73. The molecular formula is C15H24N2S. The zero-order valence-corrected chi connectivity index (χ0v) is 12.3. The van der Waals surface area contributed by atoms with Crippen LogP contribution in [-0.2, 0) is 0 Å². The minimum absolute atomic E-state index is 0.475. The fourth-order valence-corrected chi connectivity index (χ4v) is 2.26. The number of rotatable bonds is 8. The van der Waals surface area contributed by atoms with Crippen molar-refractivity contribution < 1.29 is 0 Å². The maximum Gasteiger partial charge on any atom is 0.106 e. The Hall–Kier alpha value is -1.09. The summed E-state index contributed by atoms with van der Waals surface area (Å²) in [6, 6.07) is 8.09. The normalized spacial score (nSPS) is 10.3. The summed E-state index contributed by atoms with van der Waals surface area (Å²) in [6.45, 7) is 3.30. The highest BCUT2D eigenvalue weighted by Gasteiger charge is 2.08. The Morgan fingerprint density at radius 1 is 1.17 bits per heavy atom. The van der Waals surface area contributed by atoms with Crippen molar-refractivity contribution in [1.82, 2.24) is 0 Å². The highest BCUT2D eigenvalue weighted by Crippen LogP contribution is 2.19. The van der Waals surface area contributed by atoms with Crippen LogP contribution in [0.15, 0.2) is 24.3 Å². The fourth-order valence-electron chi connectivity index (χ4n) is 2.09. The van der Waals surface area contributed by atoms with Gasteiger partial charge in [-0.1, -0.05) is 57.0 Å². The number of unbranched alkanes of at least 4 members (excludes halogenated alkanes) is 4. The van der Waals surface area contributed by atoms with E-state index >= 15 is 0 Å². The summed E-state index contributed by atoms with van der Waals surface area (Å²) in [5.41, 5.74) is 7.87. The van der Waals surface area contributed by atoms with E-state index in [1.165, 1.54) is 32.1 Å². The second kappa shape index (κ2) is 8.09. The van der Waals surface area contributed by atoms with Gasteiger partial charge >= 0.3 is 0 Å². The molecule has 2 nitrogen and oxygen atoms in total. The zero-order chi connectivity index (χ0) is 13.4. The van der Waals surface area contributed by atoms with Gasteiger partial charge in [-0.25, -0.2) is 0 Å². The average Bonchev–Trinajstić information content (AvgIpc) is 2.38. The smallest absolute Gasteiger partial charge is 0.106 e. The van der Waals surface area contributed by atoms with Gasteiger partial charge in [-0.3, -0.25) is 0 Å². The molecule has 0 unspecified atom stereocenters. The molecule has 0 aliphatic rings. The van der Waals surface area contributed by atoms with Crippen LogP contribution in [0.1, 0.15) is 44.6 Å². The van der Waals surface area contributed by atoms with Crippen LogP contribution in [0, 0.1) is 0 Å². The maximum atomic E-state index is 5.75. The van der Waals surface area contributed by atoms with Gasteiger partial charge in [0.1, 0.15) is 4.99 Å². The third kappa shape index (κ3) is 4.65. The van der Waals surface area contributed by atoms with E-state index in [-0.39, 0.29) is 0 Å². The Bertz CT molecular complexity index is 377. The van der Waals surface area contributed by atoms with Gasteiger partial charge in [0.25, 0.3) is 0 Å². The Balaban J connectivity index is 2.51. The van der Waals surface area contributed by atoms with E-state index in [4.69, 9.17) is 18.0 Å². The van der Waals surface area contributed by atoms with Gasteiger partial charge in [-0.05, 0) is 18.6 Å². The lowest BCUT2D eigenvalue weighted by molar-refractivity contribution is 0.629. The van der Waals surface area contributed by atoms with Gasteiger partial charge < -0.3 is 10.6 Å². The molecule has 100 valence electrons. The molecule has 0 radical (unpaired) electrons. The number of benzene rings is 1. The van der Waals surface area contributed by atoms with E-state index in [0.717, 1.165) is 17.8 Å². The summed E-state index contributed by atoms with van der Waals surface area (Å²) in [4.78, 5) is 2.73. The van der Waals surface area contributed by atoms with Gasteiger partial charge in [0.2, 0.25) is 0 Å². The molecule has 0 saturated carbocycles. The largest absolute Gasteiger partial charge is 0.389 e. The minimum atomic E-state index is 0.475. The molecule has 3 heteroatoms. The second-order valence-electron chi connectivity index (χ2n) is 4.72. The van der Waals surface area contributed by atoms with Crippen LogP contribution in [0.2, 0.25) is 0 Å². The van der Waals surface area contributed by atoms with Crippen molar-refractivity contribution in [3.05, 3.63) is 29.8 Å². The molecular weight excluding hydrogens is 240 g/mol. The number of nitrogens with zero attached hydrogens (tertiary/aromatic N) is 1. The van der Waals surface area contributed by atoms with Gasteiger partial charge in [0.15, 0.2) is 0 Å². The zero-order valence-electron chi connectivity index (χ0n) is 11.5. The van der Waals surface area contributed by atoms with Crippen molar-refractivity contribution in [3.63, 3.8) is 0 Å². The quantitative estimate of drug-likeness (QED) is 0.573. The van der Waals surface area contributed by atoms with Crippen LogP contribution in [0.4, 0.5) is 5.69 Å². The molecule has 0 saturated heterocycles. The molecule has 0 amide bonds. The van der Waals surface area contributed by atoms with Crippen LogP contribution in [0.25, 0.3) is 0 Å². The summed E-state index contributed by atoms with van der Waals surface area (Å²) in [5.74, 6) is 0. The lowest BCUT2D eigenvalue weighted by Gasteiger charge is -2.22. The number of nitrogens with two attached hydrogens (primary N) is 1. The molecule has 0 aromatic heterocycles. The first-order valence-corrected chi connectivity index (χ1v) is 7.17. The Labute approximate surface area is 116 Å². The van der Waals surface area contributed by atoms with Gasteiger partial charge in [-0.2, -0.15) is 0 Å². The Morgan fingerprint density at radius 3 is 2.50 bits per heavy atom. The molecule has 1 rings (SSSR count). The van der Waals surface area contributed by atoms with Crippen LogP contribution in [0.3, 0.4) is 0 Å². The Morgan fingerprint density at radius 2 is 1.83 bits per heavy atom.